The number of carbonyl (C=O) groups excluding carboxylic acids is 2. The van der Waals surface area contributed by atoms with Crippen molar-refractivity contribution >= 4 is 62.2 Å². The molecule has 1 aromatic rings. The molecule has 128 valence electrons. The summed E-state index contributed by atoms with van der Waals surface area (Å²) in [6, 6.07) is 7.60. The maximum absolute atomic E-state index is 12.4. The molecular weight excluding hydrogens is 412 g/mol. The number of esters is 1. The minimum absolute atomic E-state index is 0.159. The number of ether oxygens (including phenoxy) is 1. The molecule has 0 aliphatic carbocycles. The quantitative estimate of drug-likeness (QED) is 0.394. The van der Waals surface area contributed by atoms with Crippen LogP contribution in [0.4, 0.5) is 0 Å². The van der Waals surface area contributed by atoms with Gasteiger partial charge < -0.3 is 9.64 Å². The molecule has 1 aromatic carbocycles. The topological polar surface area (TPSA) is 49.9 Å². The van der Waals surface area contributed by atoms with Crippen LogP contribution in [-0.2, 0) is 14.3 Å². The van der Waals surface area contributed by atoms with E-state index in [1.165, 1.54) is 16.7 Å². The van der Waals surface area contributed by atoms with Crippen LogP contribution in [0.1, 0.15) is 5.56 Å². The highest BCUT2D eigenvalue weighted by molar-refractivity contribution is 9.10. The molecule has 1 saturated heterocycles. The third kappa shape index (κ3) is 5.41. The van der Waals surface area contributed by atoms with E-state index in [0.717, 1.165) is 10.0 Å². The number of thioether (sulfide) groups is 1. The number of hydrogen-bond acceptors (Lipinski definition) is 6. The summed E-state index contributed by atoms with van der Waals surface area (Å²) in [5, 5.41) is 0. The molecule has 0 spiro atoms. The summed E-state index contributed by atoms with van der Waals surface area (Å²) in [7, 11) is 3.78. The molecule has 0 N–H and O–H groups in total. The van der Waals surface area contributed by atoms with E-state index >= 15 is 0 Å². The van der Waals surface area contributed by atoms with E-state index in [4.69, 9.17) is 17.0 Å². The number of carbonyl (C=O) groups is 2. The van der Waals surface area contributed by atoms with E-state index in [2.05, 4.69) is 15.9 Å². The van der Waals surface area contributed by atoms with Crippen molar-refractivity contribution in [3.8, 4) is 0 Å². The minimum atomic E-state index is -0.461. The van der Waals surface area contributed by atoms with Gasteiger partial charge in [0.15, 0.2) is 0 Å². The molecule has 0 radical (unpaired) electrons. The van der Waals surface area contributed by atoms with Gasteiger partial charge >= 0.3 is 5.97 Å². The van der Waals surface area contributed by atoms with Crippen LogP contribution in [0.25, 0.3) is 6.08 Å². The number of halogens is 1. The molecule has 1 amide bonds. The van der Waals surface area contributed by atoms with Gasteiger partial charge in [-0.15, -0.1) is 0 Å². The van der Waals surface area contributed by atoms with Crippen LogP contribution in [-0.4, -0.2) is 59.8 Å². The normalized spacial score (nSPS) is 16.3. The first kappa shape index (κ1) is 19.1. The lowest BCUT2D eigenvalue weighted by Gasteiger charge is -2.14. The lowest BCUT2D eigenvalue weighted by atomic mass is 10.2. The fourth-order valence-corrected chi connectivity index (χ4v) is 3.57. The monoisotopic (exact) mass is 428 g/mol. The van der Waals surface area contributed by atoms with Crippen LogP contribution in [0.3, 0.4) is 0 Å². The van der Waals surface area contributed by atoms with Gasteiger partial charge in [0.2, 0.25) is 0 Å². The predicted molar refractivity (Wildman–Crippen MR) is 104 cm³/mol. The summed E-state index contributed by atoms with van der Waals surface area (Å²) in [6.45, 7) is 0.759. The van der Waals surface area contributed by atoms with Crippen LogP contribution >= 0.6 is 39.9 Å². The van der Waals surface area contributed by atoms with Gasteiger partial charge in [0.05, 0.1) is 4.91 Å². The Kier molecular flexibility index (Phi) is 6.97. The number of rotatable bonds is 6. The third-order valence-electron chi connectivity index (χ3n) is 3.11. The Labute approximate surface area is 159 Å². The second kappa shape index (κ2) is 8.75. The molecule has 0 aromatic heterocycles. The number of hydrogen-bond donors (Lipinski definition) is 0. The van der Waals surface area contributed by atoms with Gasteiger partial charge in [-0.05, 0) is 37.9 Å². The van der Waals surface area contributed by atoms with Crippen molar-refractivity contribution in [1.82, 2.24) is 9.80 Å². The van der Waals surface area contributed by atoms with Gasteiger partial charge in [-0.1, -0.05) is 52.0 Å². The largest absolute Gasteiger partial charge is 0.463 e. The zero-order valence-electron chi connectivity index (χ0n) is 13.3. The van der Waals surface area contributed by atoms with Crippen molar-refractivity contribution in [3.05, 3.63) is 39.2 Å². The Morgan fingerprint density at radius 3 is 2.88 bits per heavy atom. The van der Waals surface area contributed by atoms with Gasteiger partial charge in [0.25, 0.3) is 5.91 Å². The fourth-order valence-electron chi connectivity index (χ4n) is 1.90. The smallest absolute Gasteiger partial charge is 0.326 e. The molecule has 1 aliphatic heterocycles. The lowest BCUT2D eigenvalue weighted by Crippen LogP contribution is -2.35. The summed E-state index contributed by atoms with van der Waals surface area (Å²) in [6.07, 6.45) is 1.77. The zero-order chi connectivity index (χ0) is 17.7. The van der Waals surface area contributed by atoms with Crippen molar-refractivity contribution in [2.24, 2.45) is 0 Å². The first-order valence-corrected chi connectivity index (χ1v) is 9.20. The van der Waals surface area contributed by atoms with Crippen LogP contribution in [0, 0.1) is 0 Å². The maximum Gasteiger partial charge on any atom is 0.326 e. The first-order chi connectivity index (χ1) is 11.4. The Bertz CT molecular complexity index is 692. The zero-order valence-corrected chi connectivity index (χ0v) is 16.5. The Hall–Kier alpha value is -1.22. The number of thiocarbonyl (C=S) groups is 1. The highest BCUT2D eigenvalue weighted by Crippen LogP contribution is 2.32. The molecule has 24 heavy (non-hydrogen) atoms. The van der Waals surface area contributed by atoms with E-state index in [9.17, 15) is 9.59 Å². The van der Waals surface area contributed by atoms with E-state index in [1.54, 1.807) is 6.08 Å². The number of benzene rings is 1. The highest BCUT2D eigenvalue weighted by Gasteiger charge is 2.33. The molecule has 8 heteroatoms. The average molecular weight is 429 g/mol. The molecule has 0 unspecified atom stereocenters. The Morgan fingerprint density at radius 2 is 2.21 bits per heavy atom. The Morgan fingerprint density at radius 1 is 1.46 bits per heavy atom. The molecular formula is C16H17BrN2O3S2. The molecule has 2 rings (SSSR count). The average Bonchev–Trinajstić information content (AvgIpc) is 2.74. The van der Waals surface area contributed by atoms with Gasteiger partial charge in [-0.3, -0.25) is 14.5 Å². The van der Waals surface area contributed by atoms with Crippen LogP contribution in [0.5, 0.6) is 0 Å². The number of amides is 1. The SMILES string of the molecule is CN(C)CCOC(=O)CN1C(=O)/C(=C/c2cccc(Br)c2)SC1=S. The van der Waals surface area contributed by atoms with Gasteiger partial charge in [0.1, 0.15) is 17.5 Å². The van der Waals surface area contributed by atoms with Gasteiger partial charge in [-0.2, -0.15) is 0 Å². The number of nitrogens with zero attached hydrogens (tertiary/aromatic N) is 2. The summed E-state index contributed by atoms with van der Waals surface area (Å²) < 4.78 is 6.41. The van der Waals surface area contributed by atoms with Crippen LogP contribution in [0.15, 0.2) is 33.6 Å². The van der Waals surface area contributed by atoms with Gasteiger partial charge in [0, 0.05) is 11.0 Å². The molecule has 5 nitrogen and oxygen atoms in total. The fraction of sp³-hybridized carbons (Fsp3) is 0.312. The van der Waals surface area contributed by atoms with Crippen molar-refractivity contribution in [1.29, 1.82) is 0 Å². The van der Waals surface area contributed by atoms with Crippen molar-refractivity contribution in [2.45, 2.75) is 0 Å². The standard InChI is InChI=1S/C16H17BrN2O3S2/c1-18(2)6-7-22-14(20)10-19-15(21)13(24-16(19)23)9-11-4-3-5-12(17)8-11/h3-5,8-9H,6-7,10H2,1-2H3/b13-9-. The molecule has 1 aliphatic rings. The van der Waals surface area contributed by atoms with Crippen molar-refractivity contribution in [3.63, 3.8) is 0 Å². The van der Waals surface area contributed by atoms with E-state index in [0.29, 0.717) is 15.8 Å². The predicted octanol–water partition coefficient (Wildman–Crippen LogP) is 2.76. The second-order valence-corrected chi connectivity index (χ2v) is 7.94. The summed E-state index contributed by atoms with van der Waals surface area (Å²) in [5.74, 6) is -0.730. The first-order valence-electron chi connectivity index (χ1n) is 7.18. The lowest BCUT2D eigenvalue weighted by molar-refractivity contribution is -0.146. The number of likely N-dealkylation sites (N-methyl/N-ethyl adjacent to an activating group) is 1. The summed E-state index contributed by atoms with van der Waals surface area (Å²) >= 11 is 9.80. The van der Waals surface area contributed by atoms with E-state index in [1.807, 2.05) is 43.3 Å². The van der Waals surface area contributed by atoms with Crippen LogP contribution in [0.2, 0.25) is 0 Å². The summed E-state index contributed by atoms with van der Waals surface area (Å²) in [4.78, 5) is 28.0. The maximum atomic E-state index is 12.4. The molecule has 0 bridgehead atoms. The van der Waals surface area contributed by atoms with Gasteiger partial charge in [-0.25, -0.2) is 0 Å². The van der Waals surface area contributed by atoms with Crippen molar-refractivity contribution < 1.29 is 14.3 Å². The molecule has 0 saturated carbocycles. The third-order valence-corrected chi connectivity index (χ3v) is 4.98. The van der Waals surface area contributed by atoms with Crippen LogP contribution < -0.4 is 0 Å². The molecule has 1 heterocycles. The minimum Gasteiger partial charge on any atom is -0.463 e. The highest BCUT2D eigenvalue weighted by atomic mass is 79.9. The molecule has 0 atom stereocenters. The van der Waals surface area contributed by atoms with Crippen molar-refractivity contribution in [2.75, 3.05) is 33.8 Å². The molecule has 1 fully saturated rings. The second-order valence-electron chi connectivity index (χ2n) is 5.35. The Balaban J connectivity index is 2.00. The summed E-state index contributed by atoms with van der Waals surface area (Å²) in [5.41, 5.74) is 0.887. The van der Waals surface area contributed by atoms with E-state index < -0.39 is 5.97 Å². The van der Waals surface area contributed by atoms with E-state index in [-0.39, 0.29) is 19.1 Å².